The van der Waals surface area contributed by atoms with Crippen LogP contribution in [-0.2, 0) is 11.8 Å². The first-order valence-corrected chi connectivity index (χ1v) is 8.99. The third-order valence-corrected chi connectivity index (χ3v) is 6.34. The van der Waals surface area contributed by atoms with Crippen LogP contribution in [0.1, 0.15) is 57.1 Å². The van der Waals surface area contributed by atoms with Gasteiger partial charge < -0.3 is 5.11 Å². The third-order valence-electron chi connectivity index (χ3n) is 6.34. The van der Waals surface area contributed by atoms with Gasteiger partial charge in [-0.3, -0.25) is 4.90 Å². The van der Waals surface area contributed by atoms with Crippen molar-refractivity contribution in [3.8, 4) is 11.8 Å². The van der Waals surface area contributed by atoms with Gasteiger partial charge in [-0.15, -0.1) is 0 Å². The molecule has 3 rings (SSSR count). The second-order valence-electron chi connectivity index (χ2n) is 7.57. The monoisotopic (exact) mass is 312 g/mol. The van der Waals surface area contributed by atoms with Gasteiger partial charge in [0.1, 0.15) is 5.75 Å². The summed E-state index contributed by atoms with van der Waals surface area (Å²) in [5, 5.41) is 18.5. The predicted octanol–water partition coefficient (Wildman–Crippen LogP) is 4.00. The van der Waals surface area contributed by atoms with E-state index in [9.17, 15) is 5.11 Å². The van der Waals surface area contributed by atoms with E-state index in [-0.39, 0.29) is 5.41 Å². The standard InChI is InChI=1S/C20H28N2O/c1-15-19-13-16-7-8-17(23)14-18(16)20(15,2)9-12-22(19)11-6-4-3-5-10-21/h7-8,14-15,19,23H,3-6,9,11-13H2,1-2H3/t15-,19+,20+/m0/s1. The number of rotatable bonds is 5. The number of aromatic hydroxyl groups is 1. The average Bonchev–Trinajstić information content (AvgIpc) is 2.53. The maximum absolute atomic E-state index is 9.89. The first-order chi connectivity index (χ1) is 11.1. The Kier molecular flexibility index (Phi) is 4.64. The van der Waals surface area contributed by atoms with Crippen molar-refractivity contribution in [2.75, 3.05) is 13.1 Å². The van der Waals surface area contributed by atoms with Gasteiger partial charge in [-0.05, 0) is 73.4 Å². The van der Waals surface area contributed by atoms with Crippen LogP contribution < -0.4 is 0 Å². The summed E-state index contributed by atoms with van der Waals surface area (Å²) in [6.45, 7) is 7.08. The summed E-state index contributed by atoms with van der Waals surface area (Å²) in [6.07, 6.45) is 6.35. The normalized spacial score (nSPS) is 29.8. The van der Waals surface area contributed by atoms with Crippen LogP contribution in [-0.4, -0.2) is 29.1 Å². The minimum Gasteiger partial charge on any atom is -0.508 e. The van der Waals surface area contributed by atoms with Crippen LogP contribution in [0.2, 0.25) is 0 Å². The molecule has 1 aromatic carbocycles. The van der Waals surface area contributed by atoms with Gasteiger partial charge in [0.05, 0.1) is 6.07 Å². The molecule has 1 aliphatic carbocycles. The molecule has 1 heterocycles. The van der Waals surface area contributed by atoms with Crippen molar-refractivity contribution in [1.29, 1.82) is 5.26 Å². The zero-order valence-corrected chi connectivity index (χ0v) is 14.4. The minimum atomic E-state index is 0.189. The molecule has 124 valence electrons. The quantitative estimate of drug-likeness (QED) is 0.836. The van der Waals surface area contributed by atoms with Gasteiger partial charge in [0.15, 0.2) is 0 Å². The third kappa shape index (κ3) is 2.97. The second-order valence-corrected chi connectivity index (χ2v) is 7.57. The number of piperidine rings is 1. The zero-order chi connectivity index (χ0) is 16.4. The number of benzene rings is 1. The zero-order valence-electron chi connectivity index (χ0n) is 14.4. The molecule has 23 heavy (non-hydrogen) atoms. The van der Waals surface area contributed by atoms with E-state index >= 15 is 0 Å². The van der Waals surface area contributed by atoms with Crippen LogP contribution in [0.15, 0.2) is 18.2 Å². The van der Waals surface area contributed by atoms with E-state index in [0.717, 1.165) is 32.4 Å². The van der Waals surface area contributed by atoms with E-state index in [2.05, 4.69) is 30.9 Å². The topological polar surface area (TPSA) is 47.3 Å². The van der Waals surface area contributed by atoms with E-state index < -0.39 is 0 Å². The minimum absolute atomic E-state index is 0.189. The maximum atomic E-state index is 9.89. The summed E-state index contributed by atoms with van der Waals surface area (Å²) in [6, 6.07) is 8.80. The van der Waals surface area contributed by atoms with Crippen molar-refractivity contribution in [1.82, 2.24) is 4.90 Å². The molecule has 2 aliphatic rings. The summed E-state index contributed by atoms with van der Waals surface area (Å²) in [4.78, 5) is 2.68. The molecule has 3 heteroatoms. The molecule has 1 fully saturated rings. The molecular weight excluding hydrogens is 284 g/mol. The highest BCUT2D eigenvalue weighted by Crippen LogP contribution is 2.49. The number of phenols is 1. The Morgan fingerprint density at radius 2 is 2.17 bits per heavy atom. The van der Waals surface area contributed by atoms with Crippen LogP contribution in [0.5, 0.6) is 5.75 Å². The van der Waals surface area contributed by atoms with E-state index in [1.54, 1.807) is 0 Å². The molecule has 0 amide bonds. The van der Waals surface area contributed by atoms with Crippen molar-refractivity contribution >= 4 is 0 Å². The lowest BCUT2D eigenvalue weighted by Crippen LogP contribution is -2.58. The Bertz CT molecular complexity index is 606. The lowest BCUT2D eigenvalue weighted by molar-refractivity contribution is 0.0303. The molecule has 0 radical (unpaired) electrons. The van der Waals surface area contributed by atoms with Crippen molar-refractivity contribution in [3.05, 3.63) is 29.3 Å². The molecule has 3 nitrogen and oxygen atoms in total. The number of hydrogen-bond donors (Lipinski definition) is 1. The number of fused-ring (bicyclic) bond motifs is 4. The largest absolute Gasteiger partial charge is 0.508 e. The van der Waals surface area contributed by atoms with E-state index in [1.165, 1.54) is 24.0 Å². The number of likely N-dealkylation sites (tertiary alicyclic amines) is 1. The Hall–Kier alpha value is -1.53. The van der Waals surface area contributed by atoms with Crippen LogP contribution >= 0.6 is 0 Å². The van der Waals surface area contributed by atoms with Gasteiger partial charge in [-0.25, -0.2) is 0 Å². The lowest BCUT2D eigenvalue weighted by atomic mass is 9.59. The molecule has 0 unspecified atom stereocenters. The first kappa shape index (κ1) is 16.3. The molecule has 1 aliphatic heterocycles. The van der Waals surface area contributed by atoms with Gasteiger partial charge in [0.2, 0.25) is 0 Å². The van der Waals surface area contributed by atoms with Crippen molar-refractivity contribution < 1.29 is 5.11 Å². The summed E-state index contributed by atoms with van der Waals surface area (Å²) in [5.74, 6) is 1.01. The van der Waals surface area contributed by atoms with Crippen LogP contribution in [0.25, 0.3) is 0 Å². The fraction of sp³-hybridized carbons (Fsp3) is 0.650. The Morgan fingerprint density at radius 1 is 1.35 bits per heavy atom. The second kappa shape index (κ2) is 6.53. The SMILES string of the molecule is C[C@H]1[C@H]2Cc3ccc(O)cc3[C@]1(C)CCN2CCCCCC#N. The highest BCUT2D eigenvalue weighted by Gasteiger charge is 2.48. The maximum Gasteiger partial charge on any atom is 0.115 e. The number of nitriles is 1. The average molecular weight is 312 g/mol. The molecule has 1 aromatic rings. The lowest BCUT2D eigenvalue weighted by Gasteiger charge is -2.54. The molecule has 0 spiro atoms. The van der Waals surface area contributed by atoms with Crippen LogP contribution in [0.3, 0.4) is 0 Å². The Balaban J connectivity index is 1.72. The Labute approximate surface area is 139 Å². The number of unbranched alkanes of at least 4 members (excludes halogenated alkanes) is 3. The van der Waals surface area contributed by atoms with Crippen molar-refractivity contribution in [2.45, 2.75) is 63.8 Å². The van der Waals surface area contributed by atoms with E-state index in [1.807, 2.05) is 12.1 Å². The molecule has 0 aromatic heterocycles. The van der Waals surface area contributed by atoms with Gasteiger partial charge in [0.25, 0.3) is 0 Å². The van der Waals surface area contributed by atoms with Crippen LogP contribution in [0.4, 0.5) is 0 Å². The fourth-order valence-electron chi connectivity index (χ4n) is 4.67. The first-order valence-electron chi connectivity index (χ1n) is 8.99. The summed E-state index contributed by atoms with van der Waals surface area (Å²) in [5.41, 5.74) is 2.98. The molecule has 1 N–H and O–H groups in total. The number of phenolic OH excluding ortho intramolecular Hbond substituents is 1. The summed E-state index contributed by atoms with van der Waals surface area (Å²) < 4.78 is 0. The number of nitrogens with zero attached hydrogens (tertiary/aromatic N) is 2. The smallest absolute Gasteiger partial charge is 0.115 e. The summed E-state index contributed by atoms with van der Waals surface area (Å²) in [7, 11) is 0. The van der Waals surface area contributed by atoms with Crippen molar-refractivity contribution in [3.63, 3.8) is 0 Å². The van der Waals surface area contributed by atoms with E-state index in [4.69, 9.17) is 5.26 Å². The highest BCUT2D eigenvalue weighted by atomic mass is 16.3. The van der Waals surface area contributed by atoms with E-state index in [0.29, 0.717) is 24.1 Å². The van der Waals surface area contributed by atoms with Gasteiger partial charge in [-0.2, -0.15) is 5.26 Å². The van der Waals surface area contributed by atoms with Gasteiger partial charge in [-0.1, -0.05) is 26.3 Å². The van der Waals surface area contributed by atoms with Crippen LogP contribution in [0, 0.1) is 17.2 Å². The molecular formula is C20H28N2O. The summed E-state index contributed by atoms with van der Waals surface area (Å²) >= 11 is 0. The molecule has 0 saturated carbocycles. The molecule has 1 saturated heterocycles. The van der Waals surface area contributed by atoms with Gasteiger partial charge in [0, 0.05) is 12.5 Å². The fourth-order valence-corrected chi connectivity index (χ4v) is 4.67. The molecule has 3 atom stereocenters. The number of hydrogen-bond acceptors (Lipinski definition) is 3. The van der Waals surface area contributed by atoms with Crippen molar-refractivity contribution in [2.24, 2.45) is 5.92 Å². The predicted molar refractivity (Wildman–Crippen MR) is 92.4 cm³/mol. The molecule has 2 bridgehead atoms. The van der Waals surface area contributed by atoms with Gasteiger partial charge >= 0.3 is 0 Å². The highest BCUT2D eigenvalue weighted by molar-refractivity contribution is 5.44. The Morgan fingerprint density at radius 3 is 2.96 bits per heavy atom.